The van der Waals surface area contributed by atoms with Gasteiger partial charge in [0.05, 0.1) is 0 Å². The zero-order chi connectivity index (χ0) is 16.2. The second kappa shape index (κ2) is 12.3. The van der Waals surface area contributed by atoms with Gasteiger partial charge in [0.1, 0.15) is 0 Å². The van der Waals surface area contributed by atoms with Gasteiger partial charge in [0, 0.05) is 30.9 Å². The van der Waals surface area contributed by atoms with Crippen LogP contribution in [0.2, 0.25) is 0 Å². The lowest BCUT2D eigenvalue weighted by molar-refractivity contribution is -0.133. The van der Waals surface area contributed by atoms with Crippen molar-refractivity contribution < 1.29 is 4.79 Å². The largest absolute Gasteiger partial charge is 0.343 e. The van der Waals surface area contributed by atoms with E-state index in [-0.39, 0.29) is 0 Å². The summed E-state index contributed by atoms with van der Waals surface area (Å²) in [7, 11) is 2.20. The van der Waals surface area contributed by atoms with Gasteiger partial charge in [0.15, 0.2) is 0 Å². The van der Waals surface area contributed by atoms with E-state index in [1.807, 2.05) is 0 Å². The summed E-state index contributed by atoms with van der Waals surface area (Å²) in [6.07, 6.45) is 11.9. The zero-order valence-electron chi connectivity index (χ0n) is 14.7. The molecule has 1 heterocycles. The third-order valence-corrected chi connectivity index (χ3v) is 5.34. The van der Waals surface area contributed by atoms with Crippen molar-refractivity contribution in [3.05, 3.63) is 0 Å². The number of carbonyl (C=O) groups excluding carboxylic acids is 1. The van der Waals surface area contributed by atoms with Crippen LogP contribution in [0.1, 0.15) is 71.1 Å². The number of amides is 1. The lowest BCUT2D eigenvalue weighted by atomic mass is 10.0. The predicted molar refractivity (Wildman–Crippen MR) is 98.6 cm³/mol. The number of carbonyl (C=O) groups is 1. The first-order chi connectivity index (χ1) is 10.7. The molecule has 130 valence electrons. The van der Waals surface area contributed by atoms with Gasteiger partial charge in [-0.05, 0) is 39.3 Å². The van der Waals surface area contributed by atoms with Crippen molar-refractivity contribution in [2.24, 2.45) is 0 Å². The number of hydrogen-bond donors (Lipinski definition) is 0. The quantitative estimate of drug-likeness (QED) is 0.416. The van der Waals surface area contributed by atoms with E-state index in [4.69, 9.17) is 0 Å². The summed E-state index contributed by atoms with van der Waals surface area (Å²) in [5, 5.41) is 1.04. The Morgan fingerprint density at radius 2 is 1.86 bits per heavy atom. The van der Waals surface area contributed by atoms with E-state index in [0.717, 1.165) is 50.6 Å². The highest BCUT2D eigenvalue weighted by Gasteiger charge is 2.24. The van der Waals surface area contributed by atoms with Crippen LogP contribution >= 0.6 is 15.9 Å². The summed E-state index contributed by atoms with van der Waals surface area (Å²) < 4.78 is 0. The number of alkyl halides is 1. The molecule has 0 N–H and O–H groups in total. The van der Waals surface area contributed by atoms with Crippen molar-refractivity contribution in [1.29, 1.82) is 0 Å². The Hall–Kier alpha value is -0.0900. The molecule has 1 saturated heterocycles. The lowest BCUT2D eigenvalue weighted by Crippen LogP contribution is -2.44. The summed E-state index contributed by atoms with van der Waals surface area (Å²) in [5.74, 6) is 0.375. The third-order valence-electron chi connectivity index (χ3n) is 4.78. The molecular weight excluding hydrogens is 340 g/mol. The average Bonchev–Trinajstić information content (AvgIpc) is 2.50. The van der Waals surface area contributed by atoms with Crippen molar-refractivity contribution in [3.8, 4) is 0 Å². The van der Waals surface area contributed by atoms with Crippen LogP contribution < -0.4 is 0 Å². The van der Waals surface area contributed by atoms with E-state index in [2.05, 4.69) is 39.7 Å². The second-order valence-electron chi connectivity index (χ2n) is 6.67. The first-order valence-electron chi connectivity index (χ1n) is 9.23. The molecule has 1 amide bonds. The normalized spacial score (nSPS) is 21.0. The molecule has 0 bridgehead atoms. The number of hydrogen-bond acceptors (Lipinski definition) is 2. The molecular formula is C18H35BrN2O. The molecule has 4 heteroatoms. The molecule has 22 heavy (non-hydrogen) atoms. The number of halogens is 1. The molecule has 1 fully saturated rings. The van der Waals surface area contributed by atoms with Crippen molar-refractivity contribution in [3.63, 3.8) is 0 Å². The van der Waals surface area contributed by atoms with E-state index < -0.39 is 0 Å². The Bertz CT molecular complexity index is 297. The first-order valence-corrected chi connectivity index (χ1v) is 10.3. The fourth-order valence-corrected chi connectivity index (χ4v) is 3.64. The zero-order valence-corrected chi connectivity index (χ0v) is 16.2. The molecule has 0 aliphatic carbocycles. The fourth-order valence-electron chi connectivity index (χ4n) is 3.24. The van der Waals surface area contributed by atoms with Crippen molar-refractivity contribution in [2.75, 3.05) is 32.0 Å². The van der Waals surface area contributed by atoms with Gasteiger partial charge >= 0.3 is 0 Å². The topological polar surface area (TPSA) is 23.6 Å². The summed E-state index contributed by atoms with van der Waals surface area (Å²) in [4.78, 5) is 17.1. The van der Waals surface area contributed by atoms with Crippen LogP contribution in [0.4, 0.5) is 0 Å². The molecule has 0 aromatic rings. The molecule has 0 spiro atoms. The molecule has 3 nitrogen and oxygen atoms in total. The second-order valence-corrected chi connectivity index (χ2v) is 7.46. The fraction of sp³-hybridized carbons (Fsp3) is 0.944. The third kappa shape index (κ3) is 7.96. The first kappa shape index (κ1) is 20.0. The number of rotatable bonds is 10. The Labute approximate surface area is 145 Å². The summed E-state index contributed by atoms with van der Waals surface area (Å²) >= 11 is 3.47. The Morgan fingerprint density at radius 1 is 1.09 bits per heavy atom. The molecule has 1 atom stereocenters. The highest BCUT2D eigenvalue weighted by molar-refractivity contribution is 9.09. The highest BCUT2D eigenvalue weighted by Crippen LogP contribution is 2.18. The highest BCUT2D eigenvalue weighted by atomic mass is 79.9. The minimum atomic E-state index is 0.375. The van der Waals surface area contributed by atoms with Crippen LogP contribution in [0, 0.1) is 0 Å². The predicted octanol–water partition coefficient (Wildman–Crippen LogP) is 4.44. The molecule has 1 rings (SSSR count). The van der Waals surface area contributed by atoms with Crippen LogP contribution in [-0.2, 0) is 4.79 Å². The molecule has 1 aliphatic heterocycles. The minimum absolute atomic E-state index is 0.375. The van der Waals surface area contributed by atoms with Crippen LogP contribution in [0.3, 0.4) is 0 Å². The van der Waals surface area contributed by atoms with Gasteiger partial charge in [-0.1, -0.05) is 55.0 Å². The van der Waals surface area contributed by atoms with E-state index in [0.29, 0.717) is 11.9 Å². The summed E-state index contributed by atoms with van der Waals surface area (Å²) in [5.41, 5.74) is 0. The van der Waals surface area contributed by atoms with Crippen molar-refractivity contribution >= 4 is 21.8 Å². The van der Waals surface area contributed by atoms with Gasteiger partial charge in [-0.15, -0.1) is 0 Å². The van der Waals surface area contributed by atoms with Gasteiger partial charge in [0.2, 0.25) is 5.91 Å². The van der Waals surface area contributed by atoms with Gasteiger partial charge in [0.25, 0.3) is 0 Å². The smallest absolute Gasteiger partial charge is 0.224 e. The Morgan fingerprint density at radius 3 is 2.59 bits per heavy atom. The van der Waals surface area contributed by atoms with E-state index >= 15 is 0 Å². The molecule has 0 aromatic carbocycles. The van der Waals surface area contributed by atoms with E-state index in [9.17, 15) is 4.79 Å². The van der Waals surface area contributed by atoms with Crippen LogP contribution in [0.5, 0.6) is 0 Å². The molecule has 0 radical (unpaired) electrons. The standard InChI is InChI=1S/C18H35BrN2O/c1-3-4-5-6-7-11-17-16-18(22)21(14-9-8-12-19)15-10-13-20(17)2/h17H,3-16H2,1-2H3/t17-/m1/s1. The molecule has 0 aromatic heterocycles. The van der Waals surface area contributed by atoms with E-state index in [1.165, 1.54) is 38.5 Å². The SMILES string of the molecule is CCCCCCC[C@@H]1CC(=O)N(CCCCBr)CCCN1C. The van der Waals surface area contributed by atoms with Gasteiger partial charge < -0.3 is 9.80 Å². The summed E-state index contributed by atoms with van der Waals surface area (Å²) in [6.45, 7) is 5.26. The van der Waals surface area contributed by atoms with Gasteiger partial charge in [-0.3, -0.25) is 4.79 Å². The lowest BCUT2D eigenvalue weighted by Gasteiger charge is -2.34. The Balaban J connectivity index is 2.38. The average molecular weight is 375 g/mol. The van der Waals surface area contributed by atoms with Crippen LogP contribution in [-0.4, -0.2) is 53.8 Å². The number of nitrogens with zero attached hydrogens (tertiary/aromatic N) is 2. The van der Waals surface area contributed by atoms with Crippen molar-refractivity contribution in [1.82, 2.24) is 9.80 Å². The summed E-state index contributed by atoms with van der Waals surface area (Å²) in [6, 6.07) is 0.452. The van der Waals surface area contributed by atoms with Crippen molar-refractivity contribution in [2.45, 2.75) is 77.2 Å². The maximum absolute atomic E-state index is 12.5. The van der Waals surface area contributed by atoms with Gasteiger partial charge in [-0.2, -0.15) is 0 Å². The van der Waals surface area contributed by atoms with E-state index in [1.54, 1.807) is 0 Å². The molecule has 0 saturated carbocycles. The minimum Gasteiger partial charge on any atom is -0.343 e. The number of unbranched alkanes of at least 4 members (excludes halogenated alkanes) is 5. The molecule has 1 aliphatic rings. The Kier molecular flexibility index (Phi) is 11.2. The monoisotopic (exact) mass is 374 g/mol. The van der Waals surface area contributed by atoms with Gasteiger partial charge in [-0.25, -0.2) is 0 Å². The van der Waals surface area contributed by atoms with Crippen LogP contribution in [0.25, 0.3) is 0 Å². The maximum Gasteiger partial charge on any atom is 0.224 e. The maximum atomic E-state index is 12.5. The van der Waals surface area contributed by atoms with Crippen LogP contribution in [0.15, 0.2) is 0 Å². The molecule has 0 unspecified atom stereocenters.